The minimum Gasteiger partial charge on any atom is -0.474 e. The van der Waals surface area contributed by atoms with E-state index in [2.05, 4.69) is 15.6 Å². The number of amides is 2. The average molecular weight is 404 g/mol. The Balaban J connectivity index is 0.00000320. The lowest BCUT2D eigenvalue weighted by molar-refractivity contribution is -0.0291. The first kappa shape index (κ1) is 20.6. The van der Waals surface area contributed by atoms with Crippen molar-refractivity contribution in [2.45, 2.75) is 44.9 Å². The lowest BCUT2D eigenvalue weighted by Crippen LogP contribution is -2.32. The lowest BCUT2D eigenvalue weighted by atomic mass is 10.1. The van der Waals surface area contributed by atoms with Crippen molar-refractivity contribution in [3.05, 3.63) is 53.7 Å². The van der Waals surface area contributed by atoms with Crippen molar-refractivity contribution >= 4 is 23.4 Å². The number of rotatable bonds is 5. The molecule has 0 spiro atoms. The molecule has 1 aromatic carbocycles. The molecule has 1 aliphatic rings. The molecule has 160 valence electrons. The van der Waals surface area contributed by atoms with Crippen LogP contribution in [0, 0.1) is 5.41 Å². The number of carbonyl (C=O) groups is 1. The number of anilines is 2. The van der Waals surface area contributed by atoms with Gasteiger partial charge in [-0.2, -0.15) is 0 Å². The summed E-state index contributed by atoms with van der Waals surface area (Å²) in [4.78, 5) is 16.4. The van der Waals surface area contributed by atoms with Crippen LogP contribution in [0.1, 0.15) is 48.1 Å². The van der Waals surface area contributed by atoms with Crippen molar-refractivity contribution in [2.24, 2.45) is 0 Å². The third-order valence-electron chi connectivity index (χ3n) is 4.79. The van der Waals surface area contributed by atoms with Crippen molar-refractivity contribution < 1.29 is 18.5 Å². The van der Waals surface area contributed by atoms with E-state index in [1.54, 1.807) is 0 Å². The maximum atomic E-state index is 12.2. The Kier molecular flexibility index (Phi) is 6.66. The highest BCUT2D eigenvalue weighted by Gasteiger charge is 2.23. The zero-order chi connectivity index (χ0) is 20.8. The van der Waals surface area contributed by atoms with Crippen molar-refractivity contribution in [1.29, 1.82) is 5.41 Å². The fraction of sp³-hybridized carbons (Fsp3) is 0.381. The fourth-order valence-electron chi connectivity index (χ4n) is 3.20. The molecule has 2 heterocycles. The van der Waals surface area contributed by atoms with Crippen molar-refractivity contribution in [2.75, 3.05) is 17.7 Å². The molecule has 0 saturated carbocycles. The minimum absolute atomic E-state index is 0. The summed E-state index contributed by atoms with van der Waals surface area (Å²) in [5, 5.41) is 13.7. The number of pyridine rings is 1. The number of aromatic nitrogens is 1. The van der Waals surface area contributed by atoms with E-state index in [0.29, 0.717) is 23.7 Å². The molecule has 0 bridgehead atoms. The Bertz CT molecular complexity index is 873. The molecule has 5 N–H and O–H groups in total. The predicted octanol–water partition coefficient (Wildman–Crippen LogP) is 4.19. The summed E-state index contributed by atoms with van der Waals surface area (Å²) in [6.45, 7) is 4.50. The van der Waals surface area contributed by atoms with Crippen LogP contribution < -0.4 is 16.4 Å². The number of nitrogens with zero attached hydrogens (tertiary/aromatic N) is 1. The summed E-state index contributed by atoms with van der Waals surface area (Å²) >= 11 is 0. The van der Waals surface area contributed by atoms with Gasteiger partial charge in [0.25, 0.3) is 0 Å². The monoisotopic (exact) mass is 403 g/mol. The Labute approximate surface area is 174 Å². The second-order valence-electron chi connectivity index (χ2n) is 7.16. The maximum Gasteiger partial charge on any atom is 0.320 e. The average Bonchev–Trinajstić information content (AvgIpc) is 2.68. The van der Waals surface area contributed by atoms with E-state index in [4.69, 9.17) is 20.6 Å². The summed E-state index contributed by atoms with van der Waals surface area (Å²) in [6.07, 6.45) is 2.94. The lowest BCUT2D eigenvalue weighted by Gasteiger charge is -2.28. The van der Waals surface area contributed by atoms with Crippen LogP contribution in [0.2, 0.25) is 0 Å². The van der Waals surface area contributed by atoms with Crippen LogP contribution in [-0.2, 0) is 9.47 Å². The van der Waals surface area contributed by atoms with Gasteiger partial charge in [0.05, 0.1) is 24.3 Å². The molecule has 8 heteroatoms. The summed E-state index contributed by atoms with van der Waals surface area (Å²) in [5.74, 6) is 0.277. The van der Waals surface area contributed by atoms with Crippen LogP contribution in [0.5, 0.6) is 0 Å². The number of hydrogen-bond acceptors (Lipinski definition) is 6. The molecule has 2 unspecified atom stereocenters. The maximum absolute atomic E-state index is 12.2. The Morgan fingerprint density at radius 3 is 2.86 bits per heavy atom. The number of nitrogens with one attached hydrogen (secondary N) is 3. The van der Waals surface area contributed by atoms with Gasteiger partial charge in [-0.15, -0.1) is 0 Å². The molecule has 1 fully saturated rings. The van der Waals surface area contributed by atoms with E-state index >= 15 is 0 Å². The van der Waals surface area contributed by atoms with Gasteiger partial charge in [-0.25, -0.2) is 9.78 Å². The standard InChI is InChI=1S/C21H27N5O3.3H2/c1-13-10-16(8-9-28-13)29-20(23)17-12-24-19(11-18(17)22)26-21(27)25-14(2)15-6-4-3-5-7-15;;;/h3-7,11-14,16,23H,8-10H2,1-2H3,(H4,22,24,25,26,27);3*1H/t13?,14-,16?;;;/m1.../s1. The SMILES string of the molecule is CC1CC(OC(=N)c2cnc(NC(=O)N[C@H](C)c3ccccc3)cc2N)CCO1.[HH].[HH].[HH]. The highest BCUT2D eigenvalue weighted by atomic mass is 16.5. The van der Waals surface area contributed by atoms with Crippen molar-refractivity contribution in [3.63, 3.8) is 0 Å². The van der Waals surface area contributed by atoms with Gasteiger partial charge < -0.3 is 20.5 Å². The third-order valence-corrected chi connectivity index (χ3v) is 4.79. The van der Waals surface area contributed by atoms with E-state index in [0.717, 1.165) is 18.4 Å². The first-order valence-corrected chi connectivity index (χ1v) is 9.67. The van der Waals surface area contributed by atoms with Gasteiger partial charge in [-0.3, -0.25) is 10.7 Å². The normalized spacial score (nSPS) is 19.8. The molecule has 3 atom stereocenters. The van der Waals surface area contributed by atoms with Gasteiger partial charge in [0, 0.05) is 35.1 Å². The van der Waals surface area contributed by atoms with Gasteiger partial charge in [0.2, 0.25) is 5.90 Å². The molecule has 2 amide bonds. The van der Waals surface area contributed by atoms with Crippen LogP contribution in [0.25, 0.3) is 0 Å². The van der Waals surface area contributed by atoms with Crippen molar-refractivity contribution in [1.82, 2.24) is 10.3 Å². The fourth-order valence-corrected chi connectivity index (χ4v) is 3.20. The molecule has 29 heavy (non-hydrogen) atoms. The zero-order valence-corrected chi connectivity index (χ0v) is 16.6. The Hall–Kier alpha value is -3.13. The zero-order valence-electron chi connectivity index (χ0n) is 16.6. The summed E-state index contributed by atoms with van der Waals surface area (Å²) < 4.78 is 11.2. The predicted molar refractivity (Wildman–Crippen MR) is 118 cm³/mol. The van der Waals surface area contributed by atoms with Gasteiger partial charge in [0.1, 0.15) is 11.9 Å². The molecular weight excluding hydrogens is 370 g/mol. The number of nitrogens with two attached hydrogens (primary N) is 1. The first-order chi connectivity index (χ1) is 13.9. The molecule has 1 aliphatic heterocycles. The summed E-state index contributed by atoms with van der Waals surface area (Å²) in [5.41, 5.74) is 7.78. The molecule has 1 saturated heterocycles. The largest absolute Gasteiger partial charge is 0.474 e. The highest BCUT2D eigenvalue weighted by molar-refractivity contribution is 5.98. The summed E-state index contributed by atoms with van der Waals surface area (Å²) in [6, 6.07) is 10.6. The van der Waals surface area contributed by atoms with Gasteiger partial charge in [-0.1, -0.05) is 30.3 Å². The van der Waals surface area contributed by atoms with Crippen LogP contribution in [0.3, 0.4) is 0 Å². The van der Waals surface area contributed by atoms with E-state index in [9.17, 15) is 4.79 Å². The highest BCUT2D eigenvalue weighted by Crippen LogP contribution is 2.21. The first-order valence-electron chi connectivity index (χ1n) is 9.67. The smallest absolute Gasteiger partial charge is 0.320 e. The van der Waals surface area contributed by atoms with E-state index in [1.807, 2.05) is 44.2 Å². The third kappa shape index (κ3) is 5.68. The van der Waals surface area contributed by atoms with E-state index < -0.39 is 0 Å². The number of benzene rings is 1. The molecule has 0 aliphatic carbocycles. The Morgan fingerprint density at radius 1 is 1.41 bits per heavy atom. The number of urea groups is 1. The summed E-state index contributed by atoms with van der Waals surface area (Å²) in [7, 11) is 0. The van der Waals surface area contributed by atoms with Crippen molar-refractivity contribution in [3.8, 4) is 0 Å². The van der Waals surface area contributed by atoms with Crippen LogP contribution in [0.4, 0.5) is 16.3 Å². The second-order valence-corrected chi connectivity index (χ2v) is 7.16. The van der Waals surface area contributed by atoms with Crippen LogP contribution >= 0.6 is 0 Å². The molecule has 0 radical (unpaired) electrons. The number of nitrogen functional groups attached to an aromatic ring is 1. The quantitative estimate of drug-likeness (QED) is 0.440. The van der Waals surface area contributed by atoms with Gasteiger partial charge in [-0.05, 0) is 19.4 Å². The molecule has 8 nitrogen and oxygen atoms in total. The Morgan fingerprint density at radius 2 is 2.17 bits per heavy atom. The molecule has 2 aromatic rings. The van der Waals surface area contributed by atoms with Crippen LogP contribution in [-0.4, -0.2) is 35.7 Å². The van der Waals surface area contributed by atoms with E-state index in [-0.39, 0.29) is 34.5 Å². The molecular formula is C21H33N5O3. The van der Waals surface area contributed by atoms with E-state index in [1.165, 1.54) is 12.3 Å². The topological polar surface area (TPSA) is 122 Å². The van der Waals surface area contributed by atoms with Gasteiger partial charge >= 0.3 is 6.03 Å². The molecule has 3 rings (SSSR count). The minimum atomic E-state index is -0.386. The van der Waals surface area contributed by atoms with Gasteiger partial charge in [0.15, 0.2) is 0 Å². The van der Waals surface area contributed by atoms with Crippen LogP contribution in [0.15, 0.2) is 42.6 Å². The number of carbonyl (C=O) groups excluding carboxylic acids is 1. The molecule has 1 aromatic heterocycles. The second kappa shape index (κ2) is 9.38. The number of ether oxygens (including phenoxy) is 2. The number of hydrogen-bond donors (Lipinski definition) is 4.